The van der Waals surface area contributed by atoms with E-state index < -0.39 is 5.97 Å². The lowest BCUT2D eigenvalue weighted by Gasteiger charge is -2.11. The van der Waals surface area contributed by atoms with Crippen LogP contribution in [0.2, 0.25) is 0 Å². The monoisotopic (exact) mass is 168 g/mol. The molecule has 1 aliphatic carbocycles. The Bertz CT molecular complexity index is 228. The van der Waals surface area contributed by atoms with E-state index in [0.29, 0.717) is 18.4 Å². The van der Waals surface area contributed by atoms with Gasteiger partial charge < -0.3 is 4.74 Å². The maximum atomic E-state index is 11.2. The highest BCUT2D eigenvalue weighted by Crippen LogP contribution is 2.19. The van der Waals surface area contributed by atoms with Gasteiger partial charge in [-0.15, -0.1) is 0 Å². The molecular weight excluding hydrogens is 156 g/mol. The van der Waals surface area contributed by atoms with E-state index in [9.17, 15) is 9.59 Å². The Morgan fingerprint density at radius 3 is 2.67 bits per heavy atom. The maximum Gasteiger partial charge on any atom is 0.330 e. The Morgan fingerprint density at radius 2 is 2.08 bits per heavy atom. The SMILES string of the molecule is COC(=O)/C=C1\CCCCC1=O. The smallest absolute Gasteiger partial charge is 0.330 e. The summed E-state index contributed by atoms with van der Waals surface area (Å²) in [7, 11) is 1.31. The van der Waals surface area contributed by atoms with E-state index in [1.54, 1.807) is 0 Å². The standard InChI is InChI=1S/C9H12O3/c1-12-9(11)6-7-4-2-3-5-8(7)10/h6H,2-5H2,1H3/b7-6+. The fourth-order valence-electron chi connectivity index (χ4n) is 1.25. The van der Waals surface area contributed by atoms with Crippen molar-refractivity contribution >= 4 is 11.8 Å². The van der Waals surface area contributed by atoms with E-state index in [2.05, 4.69) is 4.74 Å². The first-order chi connectivity index (χ1) is 5.74. The van der Waals surface area contributed by atoms with Crippen molar-refractivity contribution in [2.45, 2.75) is 25.7 Å². The van der Waals surface area contributed by atoms with Crippen LogP contribution in [0.1, 0.15) is 25.7 Å². The Balaban J connectivity index is 2.65. The number of hydrogen-bond acceptors (Lipinski definition) is 3. The molecule has 0 saturated heterocycles. The fourth-order valence-corrected chi connectivity index (χ4v) is 1.25. The minimum atomic E-state index is -0.430. The van der Waals surface area contributed by atoms with Crippen LogP contribution in [0.5, 0.6) is 0 Å². The van der Waals surface area contributed by atoms with Crippen molar-refractivity contribution in [3.8, 4) is 0 Å². The summed E-state index contributed by atoms with van der Waals surface area (Å²) < 4.78 is 4.43. The Kier molecular flexibility index (Phi) is 3.02. The van der Waals surface area contributed by atoms with Crippen LogP contribution in [-0.2, 0) is 14.3 Å². The topological polar surface area (TPSA) is 43.4 Å². The second-order valence-electron chi connectivity index (χ2n) is 2.82. The number of ketones is 1. The molecule has 0 radical (unpaired) electrons. The predicted molar refractivity (Wildman–Crippen MR) is 43.6 cm³/mol. The molecule has 0 spiro atoms. The normalized spacial score (nSPS) is 21.1. The van der Waals surface area contributed by atoms with Crippen molar-refractivity contribution in [3.05, 3.63) is 11.6 Å². The molecule has 0 amide bonds. The van der Waals surface area contributed by atoms with Gasteiger partial charge in [0.05, 0.1) is 7.11 Å². The van der Waals surface area contributed by atoms with Crippen LogP contribution in [-0.4, -0.2) is 18.9 Å². The molecule has 1 fully saturated rings. The molecule has 0 heterocycles. The molecule has 12 heavy (non-hydrogen) atoms. The molecule has 1 rings (SSSR count). The predicted octanol–water partition coefficient (Wildman–Crippen LogP) is 1.23. The third kappa shape index (κ3) is 2.19. The summed E-state index contributed by atoms with van der Waals surface area (Å²) in [5, 5.41) is 0. The molecule has 66 valence electrons. The number of esters is 1. The van der Waals surface area contributed by atoms with E-state index >= 15 is 0 Å². The summed E-state index contributed by atoms with van der Waals surface area (Å²) in [4.78, 5) is 21.9. The minimum Gasteiger partial charge on any atom is -0.466 e. The second-order valence-corrected chi connectivity index (χ2v) is 2.82. The average Bonchev–Trinajstić information content (AvgIpc) is 2.09. The van der Waals surface area contributed by atoms with Crippen LogP contribution in [0, 0.1) is 0 Å². The van der Waals surface area contributed by atoms with Gasteiger partial charge in [0.2, 0.25) is 0 Å². The zero-order valence-electron chi connectivity index (χ0n) is 7.13. The zero-order valence-corrected chi connectivity index (χ0v) is 7.13. The largest absolute Gasteiger partial charge is 0.466 e. The maximum absolute atomic E-state index is 11.2. The van der Waals surface area contributed by atoms with E-state index in [1.807, 2.05) is 0 Å². The molecule has 0 N–H and O–H groups in total. The van der Waals surface area contributed by atoms with Gasteiger partial charge in [0, 0.05) is 18.1 Å². The Hall–Kier alpha value is -1.12. The van der Waals surface area contributed by atoms with Crippen molar-refractivity contribution in [2.24, 2.45) is 0 Å². The van der Waals surface area contributed by atoms with Gasteiger partial charge in [0.25, 0.3) is 0 Å². The van der Waals surface area contributed by atoms with Crippen LogP contribution >= 0.6 is 0 Å². The third-order valence-electron chi connectivity index (χ3n) is 1.95. The van der Waals surface area contributed by atoms with Gasteiger partial charge in [0.1, 0.15) is 0 Å². The number of hydrogen-bond donors (Lipinski definition) is 0. The molecule has 3 nitrogen and oxygen atoms in total. The van der Waals surface area contributed by atoms with Crippen LogP contribution in [0.15, 0.2) is 11.6 Å². The molecule has 0 aromatic rings. The van der Waals surface area contributed by atoms with Gasteiger partial charge in [-0.2, -0.15) is 0 Å². The van der Waals surface area contributed by atoms with Gasteiger partial charge in [-0.3, -0.25) is 4.79 Å². The molecule has 1 saturated carbocycles. The number of allylic oxidation sites excluding steroid dienone is 1. The summed E-state index contributed by atoms with van der Waals surface area (Å²) in [6.07, 6.45) is 4.53. The van der Waals surface area contributed by atoms with Crippen LogP contribution in [0.3, 0.4) is 0 Å². The lowest BCUT2D eigenvalue weighted by atomic mass is 9.93. The third-order valence-corrected chi connectivity index (χ3v) is 1.95. The molecule has 1 aliphatic rings. The van der Waals surface area contributed by atoms with Gasteiger partial charge in [-0.25, -0.2) is 4.79 Å². The highest BCUT2D eigenvalue weighted by atomic mass is 16.5. The molecule has 0 atom stereocenters. The van der Waals surface area contributed by atoms with Crippen molar-refractivity contribution in [2.75, 3.05) is 7.11 Å². The highest BCUT2D eigenvalue weighted by molar-refractivity contribution is 6.01. The van der Waals surface area contributed by atoms with Gasteiger partial charge in [0.15, 0.2) is 5.78 Å². The number of ether oxygens (including phenoxy) is 1. The summed E-state index contributed by atoms with van der Waals surface area (Å²) >= 11 is 0. The summed E-state index contributed by atoms with van der Waals surface area (Å²) in [5.74, 6) is -0.341. The molecule has 0 aromatic carbocycles. The highest BCUT2D eigenvalue weighted by Gasteiger charge is 2.15. The molecule has 0 bridgehead atoms. The van der Waals surface area contributed by atoms with Gasteiger partial charge in [-0.05, 0) is 19.3 Å². The molecular formula is C9H12O3. The van der Waals surface area contributed by atoms with Crippen LogP contribution in [0.4, 0.5) is 0 Å². The van der Waals surface area contributed by atoms with Gasteiger partial charge in [-0.1, -0.05) is 0 Å². The number of Topliss-reactive ketones (excluding diaryl/α,β-unsaturated/α-hetero) is 1. The number of rotatable bonds is 1. The molecule has 3 heteroatoms. The first kappa shape index (κ1) is 8.97. The number of carbonyl (C=O) groups excluding carboxylic acids is 2. The summed E-state index contributed by atoms with van der Waals surface area (Å²) in [6.45, 7) is 0. The van der Waals surface area contributed by atoms with E-state index in [0.717, 1.165) is 12.8 Å². The lowest BCUT2D eigenvalue weighted by Crippen LogP contribution is -2.10. The first-order valence-corrected chi connectivity index (χ1v) is 4.06. The molecule has 0 aliphatic heterocycles. The van der Waals surface area contributed by atoms with Crippen molar-refractivity contribution < 1.29 is 14.3 Å². The summed E-state index contributed by atoms with van der Waals surface area (Å²) in [5.41, 5.74) is 0.619. The number of carbonyl (C=O) groups is 2. The zero-order chi connectivity index (χ0) is 8.97. The van der Waals surface area contributed by atoms with Crippen molar-refractivity contribution in [1.82, 2.24) is 0 Å². The molecule has 0 aromatic heterocycles. The Morgan fingerprint density at radius 1 is 1.42 bits per heavy atom. The van der Waals surface area contributed by atoms with E-state index in [4.69, 9.17) is 0 Å². The number of methoxy groups -OCH3 is 1. The lowest BCUT2D eigenvalue weighted by molar-refractivity contribution is -0.135. The van der Waals surface area contributed by atoms with Crippen molar-refractivity contribution in [1.29, 1.82) is 0 Å². The van der Waals surface area contributed by atoms with Gasteiger partial charge >= 0.3 is 5.97 Å². The second kappa shape index (κ2) is 4.04. The van der Waals surface area contributed by atoms with Crippen LogP contribution < -0.4 is 0 Å². The Labute approximate surface area is 71.4 Å². The van der Waals surface area contributed by atoms with E-state index in [1.165, 1.54) is 13.2 Å². The van der Waals surface area contributed by atoms with Crippen molar-refractivity contribution in [3.63, 3.8) is 0 Å². The summed E-state index contributed by atoms with van der Waals surface area (Å²) in [6, 6.07) is 0. The van der Waals surface area contributed by atoms with Crippen LogP contribution in [0.25, 0.3) is 0 Å². The molecule has 0 unspecified atom stereocenters. The first-order valence-electron chi connectivity index (χ1n) is 4.06. The van der Waals surface area contributed by atoms with E-state index in [-0.39, 0.29) is 5.78 Å². The minimum absolute atomic E-state index is 0.0895. The average molecular weight is 168 g/mol. The fraction of sp³-hybridized carbons (Fsp3) is 0.556. The quantitative estimate of drug-likeness (QED) is 0.437.